The predicted octanol–water partition coefficient (Wildman–Crippen LogP) is 4.28. The Morgan fingerprint density at radius 1 is 1.06 bits per heavy atom. The fraction of sp³-hybridized carbons (Fsp3) is 0.375. The molecule has 0 radical (unpaired) electrons. The van der Waals surface area contributed by atoms with Gasteiger partial charge in [0, 0.05) is 23.3 Å². The number of rotatable bonds is 6. The molecule has 0 aliphatic heterocycles. The zero-order valence-electron chi connectivity index (χ0n) is 18.4. The summed E-state index contributed by atoms with van der Waals surface area (Å²) in [7, 11) is 1.38. The maximum Gasteiger partial charge on any atom is 0.204 e. The molecular formula is C24H28O7. The average Bonchev–Trinajstić information content (AvgIpc) is 2.64. The summed E-state index contributed by atoms with van der Waals surface area (Å²) in [5, 5.41) is 41.9. The summed E-state index contributed by atoms with van der Waals surface area (Å²) in [6.07, 6.45) is 2.61. The second-order valence-corrected chi connectivity index (χ2v) is 8.61. The van der Waals surface area contributed by atoms with E-state index in [9.17, 15) is 25.2 Å². The predicted molar refractivity (Wildman–Crippen MR) is 119 cm³/mol. The fourth-order valence-electron chi connectivity index (χ4n) is 3.63. The molecule has 7 nitrogen and oxygen atoms in total. The van der Waals surface area contributed by atoms with Crippen molar-refractivity contribution < 1.29 is 29.6 Å². The van der Waals surface area contributed by atoms with Crippen molar-refractivity contribution in [3.63, 3.8) is 0 Å². The lowest BCUT2D eigenvalue weighted by Crippen LogP contribution is -2.20. The van der Waals surface area contributed by atoms with Gasteiger partial charge in [-0.3, -0.25) is 4.79 Å². The number of methoxy groups -OCH3 is 1. The van der Waals surface area contributed by atoms with Gasteiger partial charge in [-0.05, 0) is 47.0 Å². The van der Waals surface area contributed by atoms with E-state index in [1.807, 2.05) is 19.9 Å². The van der Waals surface area contributed by atoms with E-state index in [2.05, 4.69) is 0 Å². The lowest BCUT2D eigenvalue weighted by atomic mass is 9.94. The molecule has 0 bridgehead atoms. The van der Waals surface area contributed by atoms with Crippen molar-refractivity contribution in [3.8, 4) is 23.0 Å². The van der Waals surface area contributed by atoms with E-state index in [0.29, 0.717) is 12.0 Å². The van der Waals surface area contributed by atoms with E-state index in [0.717, 1.165) is 5.57 Å². The highest BCUT2D eigenvalue weighted by Crippen LogP contribution is 2.41. The fourth-order valence-corrected chi connectivity index (χ4v) is 3.63. The van der Waals surface area contributed by atoms with E-state index < -0.39 is 11.0 Å². The number of benzene rings is 2. The van der Waals surface area contributed by atoms with Gasteiger partial charge in [-0.25, -0.2) is 0 Å². The summed E-state index contributed by atoms with van der Waals surface area (Å²) in [6, 6.07) is 2.57. The van der Waals surface area contributed by atoms with Crippen LogP contribution in [0.15, 0.2) is 33.0 Å². The molecule has 7 heteroatoms. The minimum Gasteiger partial charge on any atom is -0.507 e. The topological polar surface area (TPSA) is 120 Å². The summed E-state index contributed by atoms with van der Waals surface area (Å²) in [6.45, 7) is 7.08. The van der Waals surface area contributed by atoms with Crippen LogP contribution in [0.2, 0.25) is 0 Å². The van der Waals surface area contributed by atoms with Crippen LogP contribution in [0.25, 0.3) is 21.9 Å². The lowest BCUT2D eigenvalue weighted by Gasteiger charge is -2.19. The molecule has 31 heavy (non-hydrogen) atoms. The van der Waals surface area contributed by atoms with Crippen molar-refractivity contribution in [2.45, 2.75) is 52.6 Å². The highest BCUT2D eigenvalue weighted by Gasteiger charge is 2.24. The Bertz CT molecular complexity index is 1240. The third-order valence-electron chi connectivity index (χ3n) is 5.25. The molecule has 0 fully saturated rings. The normalized spacial score (nSPS) is 11.8. The van der Waals surface area contributed by atoms with Crippen LogP contribution < -0.4 is 10.2 Å². The van der Waals surface area contributed by atoms with Crippen LogP contribution in [0.5, 0.6) is 23.0 Å². The van der Waals surface area contributed by atoms with Gasteiger partial charge in [0.15, 0.2) is 11.5 Å². The number of ether oxygens (including phenoxy) is 1. The van der Waals surface area contributed by atoms with Crippen LogP contribution in [0.4, 0.5) is 0 Å². The Morgan fingerprint density at radius 3 is 2.26 bits per heavy atom. The van der Waals surface area contributed by atoms with Gasteiger partial charge < -0.3 is 29.6 Å². The van der Waals surface area contributed by atoms with E-state index in [4.69, 9.17) is 9.15 Å². The number of hydrogen-bond donors (Lipinski definition) is 4. The van der Waals surface area contributed by atoms with Gasteiger partial charge in [0.1, 0.15) is 28.1 Å². The van der Waals surface area contributed by atoms with Crippen LogP contribution in [0.3, 0.4) is 0 Å². The molecule has 0 saturated carbocycles. The number of phenolic OH excluding ortho intramolecular Hbond substituents is 3. The number of allylic oxidation sites excluding steroid dienone is 2. The number of aromatic hydroxyl groups is 3. The molecule has 0 spiro atoms. The van der Waals surface area contributed by atoms with E-state index in [1.165, 1.54) is 19.2 Å². The maximum atomic E-state index is 13.5. The summed E-state index contributed by atoms with van der Waals surface area (Å²) in [5.74, 6) is -0.628. The van der Waals surface area contributed by atoms with Crippen molar-refractivity contribution in [2.75, 3.05) is 7.11 Å². The summed E-state index contributed by atoms with van der Waals surface area (Å²) in [4.78, 5) is 13.5. The van der Waals surface area contributed by atoms with Crippen molar-refractivity contribution in [3.05, 3.63) is 45.1 Å². The first-order valence-electron chi connectivity index (χ1n) is 10.0. The lowest BCUT2D eigenvalue weighted by molar-refractivity contribution is 0.0713. The van der Waals surface area contributed by atoms with Crippen molar-refractivity contribution in [1.82, 2.24) is 0 Å². The maximum absolute atomic E-state index is 13.5. The third-order valence-corrected chi connectivity index (χ3v) is 5.25. The largest absolute Gasteiger partial charge is 0.507 e. The first kappa shape index (κ1) is 22.5. The molecular weight excluding hydrogens is 400 g/mol. The highest BCUT2D eigenvalue weighted by molar-refractivity contribution is 5.97. The summed E-state index contributed by atoms with van der Waals surface area (Å²) < 4.78 is 11.1. The molecule has 3 aromatic rings. The van der Waals surface area contributed by atoms with Crippen LogP contribution in [-0.4, -0.2) is 33.1 Å². The zero-order valence-corrected chi connectivity index (χ0v) is 18.4. The molecule has 0 unspecified atom stereocenters. The minimum atomic E-state index is -1.01. The van der Waals surface area contributed by atoms with Crippen LogP contribution in [0, 0.1) is 0 Å². The van der Waals surface area contributed by atoms with Crippen LogP contribution in [0.1, 0.15) is 45.2 Å². The molecule has 0 aliphatic rings. The summed E-state index contributed by atoms with van der Waals surface area (Å²) >= 11 is 0. The Hall–Kier alpha value is -3.19. The van der Waals surface area contributed by atoms with Crippen molar-refractivity contribution in [1.29, 1.82) is 0 Å². The third kappa shape index (κ3) is 4.32. The van der Waals surface area contributed by atoms with E-state index >= 15 is 0 Å². The van der Waals surface area contributed by atoms with Gasteiger partial charge in [-0.1, -0.05) is 11.6 Å². The second-order valence-electron chi connectivity index (χ2n) is 8.61. The number of aryl methyl sites for hydroxylation is 1. The van der Waals surface area contributed by atoms with Crippen molar-refractivity contribution >= 4 is 21.9 Å². The average molecular weight is 428 g/mol. The van der Waals surface area contributed by atoms with Gasteiger partial charge in [-0.15, -0.1) is 0 Å². The molecule has 1 heterocycles. The Morgan fingerprint density at radius 2 is 1.68 bits per heavy atom. The molecule has 4 N–H and O–H groups in total. The van der Waals surface area contributed by atoms with Gasteiger partial charge in [-0.2, -0.15) is 0 Å². The molecule has 166 valence electrons. The Balaban J connectivity index is 2.40. The highest BCUT2D eigenvalue weighted by atomic mass is 16.5. The number of aliphatic hydroxyl groups is 1. The molecule has 3 rings (SSSR count). The van der Waals surface area contributed by atoms with Gasteiger partial charge in [0.2, 0.25) is 5.43 Å². The molecule has 2 aromatic carbocycles. The Labute approximate surface area is 179 Å². The van der Waals surface area contributed by atoms with Crippen molar-refractivity contribution in [2.24, 2.45) is 0 Å². The van der Waals surface area contributed by atoms with Gasteiger partial charge >= 0.3 is 0 Å². The van der Waals surface area contributed by atoms with Gasteiger partial charge in [0.25, 0.3) is 0 Å². The number of phenols is 3. The summed E-state index contributed by atoms with van der Waals surface area (Å²) in [5.41, 5.74) is 0.196. The second kappa shape index (κ2) is 8.15. The quantitative estimate of drug-likeness (QED) is 0.341. The first-order chi connectivity index (χ1) is 14.4. The van der Waals surface area contributed by atoms with E-state index in [-0.39, 0.29) is 63.3 Å². The SMILES string of the molecule is COc1c(O)cc2oc3cc(O)c(CC=C(C)C)c(O)c3c(=O)c2c1CCC(C)(C)O. The van der Waals surface area contributed by atoms with Crippen LogP contribution >= 0.6 is 0 Å². The minimum absolute atomic E-state index is 0.00598. The molecule has 0 atom stereocenters. The standard InChI is InChI=1S/C24H28O7/c1-12(2)6-7-13-15(25)10-18-20(21(13)27)22(28)19-14(8-9-24(3,4)29)23(30-5)16(26)11-17(19)31-18/h6,10-11,25-27,29H,7-9H2,1-5H3. The molecule has 1 aromatic heterocycles. The van der Waals surface area contributed by atoms with E-state index in [1.54, 1.807) is 13.8 Å². The smallest absolute Gasteiger partial charge is 0.204 e. The molecule has 0 aliphatic carbocycles. The van der Waals surface area contributed by atoms with Gasteiger partial charge in [0.05, 0.1) is 18.1 Å². The zero-order chi connectivity index (χ0) is 23.1. The first-order valence-corrected chi connectivity index (χ1v) is 10.0. The Kier molecular flexibility index (Phi) is 5.91. The monoisotopic (exact) mass is 428 g/mol. The number of hydrogen-bond acceptors (Lipinski definition) is 7. The molecule has 0 saturated heterocycles. The number of fused-ring (bicyclic) bond motifs is 2. The molecule has 0 amide bonds. The van der Waals surface area contributed by atoms with Crippen LogP contribution in [-0.2, 0) is 12.8 Å².